The first-order valence-electron chi connectivity index (χ1n) is 4.60. The molecule has 0 amide bonds. The van der Waals surface area contributed by atoms with Crippen LogP contribution in [0.25, 0.3) is 0 Å². The van der Waals surface area contributed by atoms with Gasteiger partial charge in [0, 0.05) is 5.92 Å². The predicted molar refractivity (Wildman–Crippen MR) is 55.8 cm³/mol. The van der Waals surface area contributed by atoms with Crippen LogP contribution in [0.4, 0.5) is 0 Å². The smallest absolute Gasteiger partial charge is 0.163 e. The maximum absolute atomic E-state index is 5.74. The topological polar surface area (TPSA) is 44.5 Å². The highest BCUT2D eigenvalue weighted by atomic mass is 32.2. The monoisotopic (exact) mass is 205 g/mol. The largest absolute Gasteiger partial charge is 0.348 e. The minimum absolute atomic E-state index is 0.174. The van der Waals surface area contributed by atoms with Crippen LogP contribution in [0.5, 0.6) is 0 Å². The van der Waals surface area contributed by atoms with E-state index in [0.717, 1.165) is 5.75 Å². The minimum atomic E-state index is -0.420. The SMILES string of the molecule is CSC[C@@H](CN)[C@@H]1COC(C)(C)O1. The molecule has 0 aromatic rings. The highest BCUT2D eigenvalue weighted by molar-refractivity contribution is 7.98. The molecule has 0 saturated carbocycles. The van der Waals surface area contributed by atoms with Crippen LogP contribution in [0.15, 0.2) is 0 Å². The molecule has 4 heteroatoms. The van der Waals surface area contributed by atoms with Crippen LogP contribution in [-0.4, -0.2) is 37.1 Å². The molecule has 13 heavy (non-hydrogen) atoms. The van der Waals surface area contributed by atoms with Crippen molar-refractivity contribution < 1.29 is 9.47 Å². The number of hydrogen-bond acceptors (Lipinski definition) is 4. The van der Waals surface area contributed by atoms with Crippen molar-refractivity contribution in [1.29, 1.82) is 0 Å². The summed E-state index contributed by atoms with van der Waals surface area (Å²) in [4.78, 5) is 0. The third-order valence-corrected chi connectivity index (χ3v) is 3.00. The van der Waals surface area contributed by atoms with E-state index in [2.05, 4.69) is 6.26 Å². The number of hydrogen-bond donors (Lipinski definition) is 1. The van der Waals surface area contributed by atoms with Gasteiger partial charge in [-0.05, 0) is 32.4 Å². The molecule has 0 bridgehead atoms. The second-order valence-corrected chi connectivity index (χ2v) is 4.73. The second-order valence-electron chi connectivity index (χ2n) is 3.82. The zero-order valence-electron chi connectivity index (χ0n) is 8.58. The third-order valence-electron chi connectivity index (χ3n) is 2.24. The van der Waals surface area contributed by atoms with Gasteiger partial charge in [0.2, 0.25) is 0 Å². The van der Waals surface area contributed by atoms with Gasteiger partial charge < -0.3 is 15.2 Å². The van der Waals surface area contributed by atoms with Crippen LogP contribution in [-0.2, 0) is 9.47 Å². The first-order chi connectivity index (χ1) is 6.09. The van der Waals surface area contributed by atoms with E-state index >= 15 is 0 Å². The molecular weight excluding hydrogens is 186 g/mol. The lowest BCUT2D eigenvalue weighted by atomic mass is 10.1. The standard InChI is InChI=1S/C9H19NO2S/c1-9(2)11-5-8(12-9)7(4-10)6-13-3/h7-8H,4-6,10H2,1-3H3/t7-,8+/m1/s1. The zero-order chi connectivity index (χ0) is 9.90. The van der Waals surface area contributed by atoms with Crippen LogP contribution in [0, 0.1) is 5.92 Å². The van der Waals surface area contributed by atoms with E-state index in [-0.39, 0.29) is 6.10 Å². The molecule has 0 spiro atoms. The van der Waals surface area contributed by atoms with Crippen molar-refractivity contribution >= 4 is 11.8 Å². The molecule has 0 unspecified atom stereocenters. The minimum Gasteiger partial charge on any atom is -0.348 e. The Hall–Kier alpha value is 0.230. The fraction of sp³-hybridized carbons (Fsp3) is 1.00. The van der Waals surface area contributed by atoms with Gasteiger partial charge in [0.25, 0.3) is 0 Å². The van der Waals surface area contributed by atoms with Gasteiger partial charge in [-0.3, -0.25) is 0 Å². The summed E-state index contributed by atoms with van der Waals surface area (Å²) in [5.41, 5.74) is 5.68. The molecule has 0 aromatic heterocycles. The Morgan fingerprint density at radius 1 is 1.62 bits per heavy atom. The van der Waals surface area contributed by atoms with E-state index in [1.165, 1.54) is 0 Å². The maximum atomic E-state index is 5.74. The van der Waals surface area contributed by atoms with E-state index in [0.29, 0.717) is 19.1 Å². The molecule has 0 aliphatic carbocycles. The molecule has 78 valence electrons. The fourth-order valence-corrected chi connectivity index (χ4v) is 2.27. The average Bonchev–Trinajstić information content (AvgIpc) is 2.42. The van der Waals surface area contributed by atoms with E-state index in [4.69, 9.17) is 15.2 Å². The van der Waals surface area contributed by atoms with Crippen LogP contribution in [0.3, 0.4) is 0 Å². The number of rotatable bonds is 4. The van der Waals surface area contributed by atoms with Crippen LogP contribution in [0.1, 0.15) is 13.8 Å². The van der Waals surface area contributed by atoms with Crippen LogP contribution in [0.2, 0.25) is 0 Å². The molecule has 3 nitrogen and oxygen atoms in total. The van der Waals surface area contributed by atoms with Crippen LogP contribution >= 0.6 is 11.8 Å². The summed E-state index contributed by atoms with van der Waals surface area (Å²) < 4.78 is 11.2. The van der Waals surface area contributed by atoms with Gasteiger partial charge in [-0.15, -0.1) is 0 Å². The molecule has 2 atom stereocenters. The van der Waals surface area contributed by atoms with Gasteiger partial charge >= 0.3 is 0 Å². The number of nitrogens with two attached hydrogens (primary N) is 1. The summed E-state index contributed by atoms with van der Waals surface area (Å²) in [5.74, 6) is 1.04. The van der Waals surface area contributed by atoms with Crippen molar-refractivity contribution in [2.24, 2.45) is 11.7 Å². The summed E-state index contributed by atoms with van der Waals surface area (Å²) in [6, 6.07) is 0. The first-order valence-corrected chi connectivity index (χ1v) is 5.99. The quantitative estimate of drug-likeness (QED) is 0.746. The summed E-state index contributed by atoms with van der Waals surface area (Å²) in [6.45, 7) is 5.24. The lowest BCUT2D eigenvalue weighted by molar-refractivity contribution is -0.143. The zero-order valence-corrected chi connectivity index (χ0v) is 9.39. The Kier molecular flexibility index (Phi) is 4.04. The van der Waals surface area contributed by atoms with Crippen molar-refractivity contribution in [2.75, 3.05) is 25.2 Å². The van der Waals surface area contributed by atoms with Gasteiger partial charge in [0.1, 0.15) is 0 Å². The molecule has 1 aliphatic heterocycles. The first kappa shape index (κ1) is 11.3. The normalized spacial score (nSPS) is 29.1. The highest BCUT2D eigenvalue weighted by Gasteiger charge is 2.36. The second kappa shape index (κ2) is 4.64. The molecule has 1 aliphatic rings. The summed E-state index contributed by atoms with van der Waals surface area (Å²) in [7, 11) is 0. The molecule has 0 aromatic carbocycles. The Morgan fingerprint density at radius 3 is 2.69 bits per heavy atom. The Bertz CT molecular complexity index is 164. The number of ether oxygens (including phenoxy) is 2. The molecule has 1 rings (SSSR count). The van der Waals surface area contributed by atoms with E-state index in [1.807, 2.05) is 13.8 Å². The van der Waals surface area contributed by atoms with Crippen molar-refractivity contribution in [1.82, 2.24) is 0 Å². The Balaban J connectivity index is 2.43. The van der Waals surface area contributed by atoms with E-state index < -0.39 is 5.79 Å². The van der Waals surface area contributed by atoms with Gasteiger partial charge in [-0.25, -0.2) is 0 Å². The molecule has 2 N–H and O–H groups in total. The van der Waals surface area contributed by atoms with Gasteiger partial charge in [0.15, 0.2) is 5.79 Å². The van der Waals surface area contributed by atoms with E-state index in [9.17, 15) is 0 Å². The molecular formula is C9H19NO2S. The lowest BCUT2D eigenvalue weighted by Crippen LogP contribution is -2.33. The van der Waals surface area contributed by atoms with Crippen molar-refractivity contribution in [3.63, 3.8) is 0 Å². The Morgan fingerprint density at radius 2 is 2.31 bits per heavy atom. The lowest BCUT2D eigenvalue weighted by Gasteiger charge is -2.22. The predicted octanol–water partition coefficient (Wildman–Crippen LogP) is 1.08. The fourth-order valence-electron chi connectivity index (χ4n) is 1.49. The summed E-state index contributed by atoms with van der Waals surface area (Å²) >= 11 is 1.81. The molecule has 0 radical (unpaired) electrons. The van der Waals surface area contributed by atoms with Crippen molar-refractivity contribution in [3.8, 4) is 0 Å². The van der Waals surface area contributed by atoms with E-state index in [1.54, 1.807) is 11.8 Å². The van der Waals surface area contributed by atoms with Gasteiger partial charge in [-0.2, -0.15) is 11.8 Å². The molecule has 1 fully saturated rings. The van der Waals surface area contributed by atoms with Crippen molar-refractivity contribution in [3.05, 3.63) is 0 Å². The van der Waals surface area contributed by atoms with Crippen LogP contribution < -0.4 is 5.73 Å². The Labute approximate surface area is 84.3 Å². The van der Waals surface area contributed by atoms with Gasteiger partial charge in [0.05, 0.1) is 12.7 Å². The van der Waals surface area contributed by atoms with Crippen molar-refractivity contribution in [2.45, 2.75) is 25.7 Å². The summed E-state index contributed by atoms with van der Waals surface area (Å²) in [5, 5.41) is 0. The maximum Gasteiger partial charge on any atom is 0.163 e. The summed E-state index contributed by atoms with van der Waals surface area (Å²) in [6.07, 6.45) is 2.26. The van der Waals surface area contributed by atoms with Gasteiger partial charge in [-0.1, -0.05) is 0 Å². The molecule has 1 saturated heterocycles. The average molecular weight is 205 g/mol. The third kappa shape index (κ3) is 3.13. The highest BCUT2D eigenvalue weighted by Crippen LogP contribution is 2.27. The number of thioether (sulfide) groups is 1. The molecule has 1 heterocycles.